The molecule has 1 aromatic carbocycles. The maximum absolute atomic E-state index is 11.8. The average molecular weight is 205 g/mol. The van der Waals surface area contributed by atoms with Crippen LogP contribution in [0.3, 0.4) is 0 Å². The number of methoxy groups -OCH3 is 1. The van der Waals surface area contributed by atoms with Crippen LogP contribution < -0.4 is 0 Å². The molecule has 1 saturated heterocycles. The summed E-state index contributed by atoms with van der Waals surface area (Å²) >= 11 is 0. The van der Waals surface area contributed by atoms with Crippen molar-refractivity contribution in [2.75, 3.05) is 20.2 Å². The highest BCUT2D eigenvalue weighted by Crippen LogP contribution is 2.13. The second-order valence-electron chi connectivity index (χ2n) is 3.78. The molecule has 2 rings (SSSR count). The lowest BCUT2D eigenvalue weighted by molar-refractivity contribution is 0.0652. The SMILES string of the molecule is COCc1ccc(C(=O)N2CCC2)cc1. The Bertz CT molecular complexity index is 341. The number of carbonyl (C=O) groups excluding carboxylic acids is 1. The molecule has 0 unspecified atom stereocenters. The van der Waals surface area contributed by atoms with E-state index in [1.54, 1.807) is 7.11 Å². The molecule has 1 amide bonds. The zero-order chi connectivity index (χ0) is 10.7. The number of benzene rings is 1. The standard InChI is InChI=1S/C12H15NO2/c1-15-9-10-3-5-11(6-4-10)12(14)13-7-2-8-13/h3-6H,2,7-9H2,1H3. The van der Waals surface area contributed by atoms with E-state index in [-0.39, 0.29) is 5.91 Å². The van der Waals surface area contributed by atoms with Crippen molar-refractivity contribution < 1.29 is 9.53 Å². The summed E-state index contributed by atoms with van der Waals surface area (Å²) in [6.07, 6.45) is 1.13. The van der Waals surface area contributed by atoms with Crippen LogP contribution in [-0.4, -0.2) is 31.0 Å². The van der Waals surface area contributed by atoms with Crippen LogP contribution in [0.1, 0.15) is 22.3 Å². The predicted molar refractivity (Wildman–Crippen MR) is 57.7 cm³/mol. The van der Waals surface area contributed by atoms with Crippen LogP contribution in [0.4, 0.5) is 0 Å². The van der Waals surface area contributed by atoms with Crippen molar-refractivity contribution in [1.29, 1.82) is 0 Å². The van der Waals surface area contributed by atoms with Gasteiger partial charge in [0.15, 0.2) is 0 Å². The molecule has 1 heterocycles. The first-order valence-electron chi connectivity index (χ1n) is 5.18. The minimum absolute atomic E-state index is 0.144. The molecule has 0 bridgehead atoms. The Hall–Kier alpha value is -1.35. The van der Waals surface area contributed by atoms with Gasteiger partial charge in [0, 0.05) is 25.8 Å². The summed E-state index contributed by atoms with van der Waals surface area (Å²) in [6.45, 7) is 2.40. The molecule has 15 heavy (non-hydrogen) atoms. The molecular weight excluding hydrogens is 190 g/mol. The molecule has 3 heteroatoms. The number of carbonyl (C=O) groups is 1. The number of hydrogen-bond acceptors (Lipinski definition) is 2. The molecule has 1 fully saturated rings. The Morgan fingerprint density at radius 2 is 2.00 bits per heavy atom. The van der Waals surface area contributed by atoms with Crippen LogP contribution in [0.5, 0.6) is 0 Å². The molecular formula is C12H15NO2. The average Bonchev–Trinajstić information content (AvgIpc) is 2.16. The number of amides is 1. The fourth-order valence-corrected chi connectivity index (χ4v) is 1.61. The summed E-state index contributed by atoms with van der Waals surface area (Å²) < 4.78 is 5.01. The molecule has 80 valence electrons. The quantitative estimate of drug-likeness (QED) is 0.751. The lowest BCUT2D eigenvalue weighted by Crippen LogP contribution is -2.41. The van der Waals surface area contributed by atoms with Gasteiger partial charge >= 0.3 is 0 Å². The maximum Gasteiger partial charge on any atom is 0.253 e. The zero-order valence-electron chi connectivity index (χ0n) is 8.90. The van der Waals surface area contributed by atoms with Crippen molar-refractivity contribution in [2.24, 2.45) is 0 Å². The number of hydrogen-bond donors (Lipinski definition) is 0. The van der Waals surface area contributed by atoms with Gasteiger partial charge in [0.25, 0.3) is 5.91 Å². The van der Waals surface area contributed by atoms with Crippen molar-refractivity contribution in [2.45, 2.75) is 13.0 Å². The van der Waals surface area contributed by atoms with E-state index in [0.29, 0.717) is 6.61 Å². The van der Waals surface area contributed by atoms with Gasteiger partial charge in [0.05, 0.1) is 6.61 Å². The van der Waals surface area contributed by atoms with Gasteiger partial charge in [-0.2, -0.15) is 0 Å². The number of likely N-dealkylation sites (tertiary alicyclic amines) is 1. The van der Waals surface area contributed by atoms with Gasteiger partial charge in [-0.1, -0.05) is 12.1 Å². The Labute approximate surface area is 89.7 Å². The summed E-state index contributed by atoms with van der Waals surface area (Å²) in [5.41, 5.74) is 1.87. The number of nitrogens with zero attached hydrogens (tertiary/aromatic N) is 1. The van der Waals surface area contributed by atoms with Crippen molar-refractivity contribution in [3.63, 3.8) is 0 Å². The Morgan fingerprint density at radius 1 is 1.33 bits per heavy atom. The van der Waals surface area contributed by atoms with E-state index >= 15 is 0 Å². The molecule has 0 radical (unpaired) electrons. The van der Waals surface area contributed by atoms with E-state index in [2.05, 4.69) is 0 Å². The summed E-state index contributed by atoms with van der Waals surface area (Å²) in [6, 6.07) is 7.62. The van der Waals surface area contributed by atoms with Gasteiger partial charge in [-0.05, 0) is 24.1 Å². The van der Waals surface area contributed by atoms with Gasteiger partial charge in [-0.25, -0.2) is 0 Å². The maximum atomic E-state index is 11.8. The molecule has 0 aromatic heterocycles. The lowest BCUT2D eigenvalue weighted by Gasteiger charge is -2.30. The van der Waals surface area contributed by atoms with Crippen LogP contribution in [0.15, 0.2) is 24.3 Å². The molecule has 0 aliphatic carbocycles. The number of ether oxygens (including phenoxy) is 1. The zero-order valence-corrected chi connectivity index (χ0v) is 8.90. The highest BCUT2D eigenvalue weighted by molar-refractivity contribution is 5.94. The van der Waals surface area contributed by atoms with E-state index in [4.69, 9.17) is 4.74 Å². The minimum atomic E-state index is 0.144. The third-order valence-electron chi connectivity index (χ3n) is 2.66. The first kappa shape index (κ1) is 10.2. The third kappa shape index (κ3) is 2.18. The van der Waals surface area contributed by atoms with Gasteiger partial charge in [0.1, 0.15) is 0 Å². The number of rotatable bonds is 3. The minimum Gasteiger partial charge on any atom is -0.380 e. The first-order chi connectivity index (χ1) is 7.31. The lowest BCUT2D eigenvalue weighted by atomic mass is 10.1. The monoisotopic (exact) mass is 205 g/mol. The fraction of sp³-hybridized carbons (Fsp3) is 0.417. The van der Waals surface area contributed by atoms with E-state index in [0.717, 1.165) is 30.6 Å². The van der Waals surface area contributed by atoms with Crippen molar-refractivity contribution >= 4 is 5.91 Å². The summed E-state index contributed by atoms with van der Waals surface area (Å²) in [4.78, 5) is 13.7. The Kier molecular flexibility index (Phi) is 3.02. The van der Waals surface area contributed by atoms with E-state index in [1.165, 1.54) is 0 Å². The largest absolute Gasteiger partial charge is 0.380 e. The molecule has 1 aliphatic rings. The summed E-state index contributed by atoms with van der Waals surface area (Å²) in [5, 5.41) is 0. The van der Waals surface area contributed by atoms with Gasteiger partial charge < -0.3 is 9.64 Å². The molecule has 0 atom stereocenters. The predicted octanol–water partition coefficient (Wildman–Crippen LogP) is 1.68. The van der Waals surface area contributed by atoms with Crippen LogP contribution in [-0.2, 0) is 11.3 Å². The van der Waals surface area contributed by atoms with Crippen LogP contribution in [0, 0.1) is 0 Å². The van der Waals surface area contributed by atoms with Crippen molar-refractivity contribution in [1.82, 2.24) is 4.90 Å². The summed E-state index contributed by atoms with van der Waals surface area (Å²) in [5.74, 6) is 0.144. The third-order valence-corrected chi connectivity index (χ3v) is 2.66. The van der Waals surface area contributed by atoms with Crippen LogP contribution in [0.2, 0.25) is 0 Å². The highest BCUT2D eigenvalue weighted by Gasteiger charge is 2.21. The van der Waals surface area contributed by atoms with Gasteiger partial charge in [0.2, 0.25) is 0 Å². The topological polar surface area (TPSA) is 29.5 Å². The Morgan fingerprint density at radius 3 is 2.47 bits per heavy atom. The van der Waals surface area contributed by atoms with E-state index in [1.807, 2.05) is 29.2 Å². The molecule has 0 N–H and O–H groups in total. The molecule has 0 spiro atoms. The van der Waals surface area contributed by atoms with E-state index < -0.39 is 0 Å². The first-order valence-corrected chi connectivity index (χ1v) is 5.18. The van der Waals surface area contributed by atoms with E-state index in [9.17, 15) is 4.79 Å². The molecule has 3 nitrogen and oxygen atoms in total. The molecule has 0 saturated carbocycles. The molecule has 1 aromatic rings. The van der Waals surface area contributed by atoms with Crippen molar-refractivity contribution in [3.05, 3.63) is 35.4 Å². The fourth-order valence-electron chi connectivity index (χ4n) is 1.61. The van der Waals surface area contributed by atoms with Crippen LogP contribution in [0.25, 0.3) is 0 Å². The van der Waals surface area contributed by atoms with Crippen molar-refractivity contribution in [3.8, 4) is 0 Å². The molecule has 1 aliphatic heterocycles. The van der Waals surface area contributed by atoms with Gasteiger partial charge in [-0.3, -0.25) is 4.79 Å². The second kappa shape index (κ2) is 4.45. The smallest absolute Gasteiger partial charge is 0.253 e. The highest BCUT2D eigenvalue weighted by atomic mass is 16.5. The van der Waals surface area contributed by atoms with Crippen LogP contribution >= 0.6 is 0 Å². The second-order valence-corrected chi connectivity index (χ2v) is 3.78. The Balaban J connectivity index is 2.05. The summed E-state index contributed by atoms with van der Waals surface area (Å²) in [7, 11) is 1.67. The normalized spacial score (nSPS) is 14.9. The van der Waals surface area contributed by atoms with Gasteiger partial charge in [-0.15, -0.1) is 0 Å².